The van der Waals surface area contributed by atoms with Gasteiger partial charge in [0.05, 0.1) is 12.8 Å². The number of hydrogen-bond acceptors (Lipinski definition) is 3. The fourth-order valence-corrected chi connectivity index (χ4v) is 2.70. The van der Waals surface area contributed by atoms with Gasteiger partial charge in [0.15, 0.2) is 0 Å². The van der Waals surface area contributed by atoms with Gasteiger partial charge in [-0.2, -0.15) is 5.10 Å². The molecule has 1 fully saturated rings. The highest BCUT2D eigenvalue weighted by atomic mass is 16.5. The fourth-order valence-electron chi connectivity index (χ4n) is 2.70. The molecule has 1 aliphatic heterocycles. The van der Waals surface area contributed by atoms with E-state index in [0.717, 1.165) is 43.0 Å². The third-order valence-corrected chi connectivity index (χ3v) is 4.05. The van der Waals surface area contributed by atoms with Crippen molar-refractivity contribution in [3.63, 3.8) is 0 Å². The van der Waals surface area contributed by atoms with Crippen LogP contribution in [-0.2, 0) is 11.3 Å². The minimum atomic E-state index is -0.261. The number of nitrogens with zero attached hydrogens (tertiary/aromatic N) is 2. The van der Waals surface area contributed by atoms with Gasteiger partial charge >= 0.3 is 6.03 Å². The largest absolute Gasteiger partial charge is 0.381 e. The van der Waals surface area contributed by atoms with E-state index in [1.54, 1.807) is 12.3 Å². The third-order valence-electron chi connectivity index (χ3n) is 4.05. The van der Waals surface area contributed by atoms with Gasteiger partial charge in [-0.05, 0) is 37.5 Å². The van der Waals surface area contributed by atoms with Gasteiger partial charge < -0.3 is 10.1 Å². The van der Waals surface area contributed by atoms with Crippen molar-refractivity contribution in [2.24, 2.45) is 5.92 Å². The molecule has 23 heavy (non-hydrogen) atoms. The summed E-state index contributed by atoms with van der Waals surface area (Å²) >= 11 is 0. The lowest BCUT2D eigenvalue weighted by atomic mass is 10.1. The zero-order chi connectivity index (χ0) is 16.2. The summed E-state index contributed by atoms with van der Waals surface area (Å²) in [5.41, 5.74) is 2.96. The van der Waals surface area contributed by atoms with E-state index in [-0.39, 0.29) is 6.03 Å². The zero-order valence-electron chi connectivity index (χ0n) is 13.5. The topological polar surface area (TPSA) is 68.2 Å². The number of amides is 2. The lowest BCUT2D eigenvalue weighted by Gasteiger charge is -2.13. The lowest BCUT2D eigenvalue weighted by molar-refractivity contribution is 0.181. The van der Waals surface area contributed by atoms with Gasteiger partial charge in [-0.3, -0.25) is 5.32 Å². The first kappa shape index (κ1) is 15.6. The number of aryl methyl sites for hydroxylation is 2. The molecular weight excluding hydrogens is 292 g/mol. The van der Waals surface area contributed by atoms with E-state index in [1.807, 2.05) is 36.7 Å². The molecular formula is C17H22N4O2. The summed E-state index contributed by atoms with van der Waals surface area (Å²) in [4.78, 5) is 12.2. The summed E-state index contributed by atoms with van der Waals surface area (Å²) in [5.74, 6) is 1.15. The van der Waals surface area contributed by atoms with Crippen molar-refractivity contribution >= 4 is 17.5 Å². The third kappa shape index (κ3) is 3.90. The number of ether oxygens (including phenoxy) is 1. The molecule has 0 bridgehead atoms. The second-order valence-corrected chi connectivity index (χ2v) is 6.03. The van der Waals surface area contributed by atoms with Crippen LogP contribution < -0.4 is 10.6 Å². The molecule has 3 rings (SSSR count). The fraction of sp³-hybridized carbons (Fsp3) is 0.412. The van der Waals surface area contributed by atoms with Crippen LogP contribution in [0.4, 0.5) is 16.3 Å². The predicted molar refractivity (Wildman–Crippen MR) is 89.7 cm³/mol. The van der Waals surface area contributed by atoms with Crippen LogP contribution in [0.25, 0.3) is 0 Å². The number of rotatable bonds is 4. The number of nitrogens with one attached hydrogen (secondary N) is 2. The normalized spacial score (nSPS) is 17.2. The van der Waals surface area contributed by atoms with Gasteiger partial charge in [-0.25, -0.2) is 9.48 Å². The first-order valence-electron chi connectivity index (χ1n) is 7.86. The van der Waals surface area contributed by atoms with Crippen molar-refractivity contribution in [2.45, 2.75) is 26.8 Å². The molecule has 1 aliphatic rings. The quantitative estimate of drug-likeness (QED) is 0.910. The SMILES string of the molecule is Cc1ccc(C)c(NC(=O)Nc2ccnn2C[C@@H]2CCOC2)c1. The molecule has 1 saturated heterocycles. The number of urea groups is 1. The van der Waals surface area contributed by atoms with Crippen molar-refractivity contribution in [3.05, 3.63) is 41.6 Å². The Kier molecular flexibility index (Phi) is 4.62. The Labute approximate surface area is 135 Å². The van der Waals surface area contributed by atoms with Crippen LogP contribution in [0, 0.1) is 19.8 Å². The molecule has 1 atom stereocenters. The molecule has 2 amide bonds. The van der Waals surface area contributed by atoms with Crippen LogP contribution in [0.1, 0.15) is 17.5 Å². The maximum absolute atomic E-state index is 12.2. The average Bonchev–Trinajstić information content (AvgIpc) is 3.16. The van der Waals surface area contributed by atoms with E-state index in [1.165, 1.54) is 0 Å². The Morgan fingerprint density at radius 1 is 1.35 bits per heavy atom. The van der Waals surface area contributed by atoms with Gasteiger partial charge in [-0.15, -0.1) is 0 Å². The van der Waals surface area contributed by atoms with Crippen LogP contribution in [0.2, 0.25) is 0 Å². The van der Waals surface area contributed by atoms with E-state index in [0.29, 0.717) is 11.7 Å². The van der Waals surface area contributed by atoms with Gasteiger partial charge in [0, 0.05) is 30.8 Å². The zero-order valence-corrected chi connectivity index (χ0v) is 13.5. The van der Waals surface area contributed by atoms with E-state index < -0.39 is 0 Å². The Bertz CT molecular complexity index is 690. The maximum Gasteiger partial charge on any atom is 0.324 e. The molecule has 0 spiro atoms. The van der Waals surface area contributed by atoms with Gasteiger partial charge in [0.1, 0.15) is 5.82 Å². The second-order valence-electron chi connectivity index (χ2n) is 6.03. The molecule has 0 unspecified atom stereocenters. The Balaban J connectivity index is 1.64. The molecule has 0 saturated carbocycles. The molecule has 2 heterocycles. The summed E-state index contributed by atoms with van der Waals surface area (Å²) in [6.07, 6.45) is 2.73. The standard InChI is InChI=1S/C17H22N4O2/c1-12-3-4-13(2)15(9-12)19-17(22)20-16-5-7-18-21(16)10-14-6-8-23-11-14/h3-5,7,9,14H,6,8,10-11H2,1-2H3,(H2,19,20,22)/t14-/m0/s1. The highest BCUT2D eigenvalue weighted by Crippen LogP contribution is 2.19. The Morgan fingerprint density at radius 2 is 2.22 bits per heavy atom. The molecule has 6 nitrogen and oxygen atoms in total. The van der Waals surface area contributed by atoms with Crippen molar-refractivity contribution in [3.8, 4) is 0 Å². The molecule has 6 heteroatoms. The molecule has 0 radical (unpaired) electrons. The van der Waals surface area contributed by atoms with E-state index in [4.69, 9.17) is 4.74 Å². The first-order valence-corrected chi connectivity index (χ1v) is 7.86. The molecule has 2 aromatic rings. The van der Waals surface area contributed by atoms with Crippen LogP contribution in [0.5, 0.6) is 0 Å². The van der Waals surface area contributed by atoms with Gasteiger partial charge in [0.2, 0.25) is 0 Å². The number of anilines is 2. The summed E-state index contributed by atoms with van der Waals surface area (Å²) in [5, 5.41) is 10.1. The van der Waals surface area contributed by atoms with Crippen LogP contribution in [0.3, 0.4) is 0 Å². The van der Waals surface area contributed by atoms with Gasteiger partial charge in [0.25, 0.3) is 0 Å². The summed E-state index contributed by atoms with van der Waals surface area (Å²) in [7, 11) is 0. The average molecular weight is 314 g/mol. The van der Waals surface area contributed by atoms with E-state index in [9.17, 15) is 4.79 Å². The number of carbonyl (C=O) groups is 1. The first-order chi connectivity index (χ1) is 11.1. The van der Waals surface area contributed by atoms with E-state index in [2.05, 4.69) is 15.7 Å². The molecule has 122 valence electrons. The highest BCUT2D eigenvalue weighted by Gasteiger charge is 2.18. The van der Waals surface area contributed by atoms with Crippen molar-refractivity contribution in [2.75, 3.05) is 23.8 Å². The molecule has 1 aromatic heterocycles. The van der Waals surface area contributed by atoms with Crippen molar-refractivity contribution in [1.82, 2.24) is 9.78 Å². The Hall–Kier alpha value is -2.34. The van der Waals surface area contributed by atoms with Crippen LogP contribution in [0.15, 0.2) is 30.5 Å². The summed E-state index contributed by atoms with van der Waals surface area (Å²) < 4.78 is 7.21. The smallest absolute Gasteiger partial charge is 0.324 e. The second kappa shape index (κ2) is 6.83. The minimum Gasteiger partial charge on any atom is -0.381 e. The highest BCUT2D eigenvalue weighted by molar-refractivity contribution is 5.99. The molecule has 2 N–H and O–H groups in total. The summed E-state index contributed by atoms with van der Waals surface area (Å²) in [6.45, 7) is 6.29. The number of carbonyl (C=O) groups excluding carboxylic acids is 1. The van der Waals surface area contributed by atoms with Gasteiger partial charge in [-0.1, -0.05) is 12.1 Å². The van der Waals surface area contributed by atoms with Crippen LogP contribution >= 0.6 is 0 Å². The van der Waals surface area contributed by atoms with Crippen molar-refractivity contribution < 1.29 is 9.53 Å². The maximum atomic E-state index is 12.2. The number of aromatic nitrogens is 2. The number of hydrogen-bond donors (Lipinski definition) is 2. The molecule has 1 aromatic carbocycles. The monoisotopic (exact) mass is 314 g/mol. The lowest BCUT2D eigenvalue weighted by Crippen LogP contribution is -2.23. The van der Waals surface area contributed by atoms with Crippen molar-refractivity contribution in [1.29, 1.82) is 0 Å². The summed E-state index contributed by atoms with van der Waals surface area (Å²) in [6, 6.07) is 7.52. The van der Waals surface area contributed by atoms with Crippen LogP contribution in [-0.4, -0.2) is 29.0 Å². The number of benzene rings is 1. The van der Waals surface area contributed by atoms with E-state index >= 15 is 0 Å². The molecule has 0 aliphatic carbocycles. The minimum absolute atomic E-state index is 0.261. The Morgan fingerprint density at radius 3 is 3.00 bits per heavy atom. The predicted octanol–water partition coefficient (Wildman–Crippen LogP) is 3.18.